The lowest BCUT2D eigenvalue weighted by molar-refractivity contribution is -0.128. The average molecular weight is 744 g/mol. The number of rotatable bonds is 25. The molecular formula is C36H49N5O12. The Labute approximate surface area is 307 Å². The van der Waals surface area contributed by atoms with Gasteiger partial charge in [0.1, 0.15) is 6.61 Å². The molecule has 0 spiro atoms. The van der Waals surface area contributed by atoms with Gasteiger partial charge in [-0.05, 0) is 48.6 Å². The molecule has 1 aliphatic heterocycles. The number of ketones is 1. The van der Waals surface area contributed by atoms with Crippen LogP contribution in [0.1, 0.15) is 59.4 Å². The van der Waals surface area contributed by atoms with E-state index in [0.29, 0.717) is 28.8 Å². The molecular weight excluding hydrogens is 694 g/mol. The summed E-state index contributed by atoms with van der Waals surface area (Å²) in [5, 5.41) is 17.8. The van der Waals surface area contributed by atoms with Gasteiger partial charge < -0.3 is 45.7 Å². The number of benzene rings is 2. The van der Waals surface area contributed by atoms with Crippen LogP contribution in [0.2, 0.25) is 0 Å². The fourth-order valence-corrected chi connectivity index (χ4v) is 5.19. The molecule has 0 aromatic heterocycles. The van der Waals surface area contributed by atoms with E-state index in [1.165, 1.54) is 0 Å². The molecule has 1 heterocycles. The minimum atomic E-state index is -0.921. The number of fused-ring (bicyclic) bond motifs is 1. The number of imide groups is 1. The number of primary amides is 1. The fraction of sp³-hybridized carbons (Fsp3) is 0.500. The molecule has 17 heteroatoms. The molecule has 3 rings (SSSR count). The summed E-state index contributed by atoms with van der Waals surface area (Å²) in [6.07, 6.45) is -0.321. The Balaban J connectivity index is 1.28. The number of hydroxylamine groups is 2. The van der Waals surface area contributed by atoms with Crippen LogP contribution in [0.25, 0.3) is 0 Å². The third kappa shape index (κ3) is 14.5. The zero-order valence-electron chi connectivity index (χ0n) is 30.0. The van der Waals surface area contributed by atoms with Crippen LogP contribution in [0.5, 0.6) is 0 Å². The Kier molecular flexibility index (Phi) is 18.3. The third-order valence-corrected chi connectivity index (χ3v) is 7.95. The van der Waals surface area contributed by atoms with E-state index < -0.39 is 41.8 Å². The summed E-state index contributed by atoms with van der Waals surface area (Å²) in [4.78, 5) is 79.9. The predicted molar refractivity (Wildman–Crippen MR) is 189 cm³/mol. The smallest absolute Gasteiger partial charge is 0.407 e. The number of hydrogen-bond donors (Lipinski definition) is 5. The molecule has 2 aromatic rings. The van der Waals surface area contributed by atoms with Crippen molar-refractivity contribution in [3.05, 3.63) is 65.2 Å². The van der Waals surface area contributed by atoms with E-state index >= 15 is 0 Å². The monoisotopic (exact) mass is 743 g/mol. The number of carbonyl (C=O) groups excluding carboxylic acids is 6. The number of carbonyl (C=O) groups is 6. The summed E-state index contributed by atoms with van der Waals surface area (Å²) >= 11 is 0. The van der Waals surface area contributed by atoms with Gasteiger partial charge in [0.05, 0.1) is 70.0 Å². The van der Waals surface area contributed by atoms with Crippen molar-refractivity contribution in [1.29, 1.82) is 0 Å². The number of anilines is 1. The van der Waals surface area contributed by atoms with Gasteiger partial charge in [-0.2, -0.15) is 0 Å². The van der Waals surface area contributed by atoms with E-state index in [9.17, 15) is 33.9 Å². The molecule has 0 unspecified atom stereocenters. The lowest BCUT2D eigenvalue weighted by atomic mass is 9.89. The summed E-state index contributed by atoms with van der Waals surface area (Å²) in [7, 11) is 0. The van der Waals surface area contributed by atoms with Crippen LogP contribution in [0.3, 0.4) is 0 Å². The van der Waals surface area contributed by atoms with Gasteiger partial charge >= 0.3 is 12.1 Å². The van der Waals surface area contributed by atoms with E-state index in [1.54, 1.807) is 62.4 Å². The minimum absolute atomic E-state index is 0.00609. The molecule has 6 N–H and O–H groups in total. The maximum Gasteiger partial charge on any atom is 0.407 e. The standard InChI is InChI=1S/C36H49N5O12/c1-24(2)31(30(43)22-26(6-5-13-38-35(37)47)32(44)39-27-11-9-25(23-42)10-12-27)40-36(48)52-20-18-50-16-14-49-15-17-51-19-21-53-41-33(45)28-7-3-4-8-29(28)34(41)46/h3-4,7-12,24,26,31,42H,5-6,13-23H2,1-2H3,(H,39,44)(H,40,48)(H3,37,38,47)/t26-,31+/m1/s1. The number of aliphatic hydroxyl groups excluding tert-OH is 1. The lowest BCUT2D eigenvalue weighted by Crippen LogP contribution is -2.46. The topological polar surface area (TPSA) is 234 Å². The second-order valence-corrected chi connectivity index (χ2v) is 12.3. The van der Waals surface area contributed by atoms with Gasteiger partial charge in [-0.25, -0.2) is 9.59 Å². The first kappa shape index (κ1) is 42.5. The highest BCUT2D eigenvalue weighted by atomic mass is 16.7. The van der Waals surface area contributed by atoms with Crippen molar-refractivity contribution in [2.75, 3.05) is 64.7 Å². The van der Waals surface area contributed by atoms with E-state index in [0.717, 1.165) is 5.06 Å². The van der Waals surface area contributed by atoms with Crippen LogP contribution in [0.4, 0.5) is 15.3 Å². The highest BCUT2D eigenvalue weighted by Crippen LogP contribution is 2.23. The molecule has 0 radical (unpaired) electrons. The van der Waals surface area contributed by atoms with E-state index in [2.05, 4.69) is 16.0 Å². The summed E-state index contributed by atoms with van der Waals surface area (Å²) in [6, 6.07) is 11.5. The summed E-state index contributed by atoms with van der Waals surface area (Å²) in [5.74, 6) is -2.84. The number of amides is 6. The molecule has 0 aliphatic carbocycles. The Morgan fingerprint density at radius 3 is 1.92 bits per heavy atom. The average Bonchev–Trinajstić information content (AvgIpc) is 3.38. The summed E-state index contributed by atoms with van der Waals surface area (Å²) in [6.45, 7) is 4.77. The normalized spacial score (nSPS) is 13.4. The van der Waals surface area contributed by atoms with Crippen LogP contribution in [-0.4, -0.2) is 111 Å². The van der Waals surface area contributed by atoms with Gasteiger partial charge in [-0.1, -0.05) is 38.1 Å². The SMILES string of the molecule is CC(C)[C@H](NC(=O)OCCOCCOCCOCCON1C(=O)c2ccccc2C1=O)C(=O)C[C@@H](CCCNC(N)=O)C(=O)Nc1ccc(CO)cc1. The Morgan fingerprint density at radius 1 is 0.811 bits per heavy atom. The summed E-state index contributed by atoms with van der Waals surface area (Å²) < 4.78 is 21.4. The number of nitrogens with two attached hydrogens (primary N) is 1. The third-order valence-electron chi connectivity index (χ3n) is 7.95. The number of nitrogens with one attached hydrogen (secondary N) is 3. The number of urea groups is 1. The fourth-order valence-electron chi connectivity index (χ4n) is 5.19. The van der Waals surface area contributed by atoms with Crippen molar-refractivity contribution in [3.63, 3.8) is 0 Å². The maximum absolute atomic E-state index is 13.4. The van der Waals surface area contributed by atoms with E-state index in [-0.39, 0.29) is 90.5 Å². The Morgan fingerprint density at radius 2 is 1.38 bits per heavy atom. The first-order valence-corrected chi connectivity index (χ1v) is 17.4. The Hall–Kier alpha value is -4.94. The van der Waals surface area contributed by atoms with Gasteiger partial charge in [0.15, 0.2) is 5.78 Å². The van der Waals surface area contributed by atoms with Crippen molar-refractivity contribution in [2.24, 2.45) is 17.6 Å². The van der Waals surface area contributed by atoms with Gasteiger partial charge in [0.2, 0.25) is 5.91 Å². The van der Waals surface area contributed by atoms with Gasteiger partial charge in [0, 0.05) is 24.6 Å². The summed E-state index contributed by atoms with van der Waals surface area (Å²) in [5.41, 5.74) is 6.90. The second kappa shape index (κ2) is 22.9. The minimum Gasteiger partial charge on any atom is -0.447 e. The lowest BCUT2D eigenvalue weighted by Gasteiger charge is -2.24. The van der Waals surface area contributed by atoms with Gasteiger partial charge in [-0.3, -0.25) is 24.0 Å². The van der Waals surface area contributed by atoms with E-state index in [1.807, 2.05) is 0 Å². The number of ether oxygens (including phenoxy) is 4. The molecule has 0 saturated carbocycles. The van der Waals surface area contributed by atoms with Gasteiger partial charge in [-0.15, -0.1) is 5.06 Å². The van der Waals surface area contributed by atoms with Crippen LogP contribution < -0.4 is 21.7 Å². The molecule has 290 valence electrons. The van der Waals surface area contributed by atoms with Gasteiger partial charge in [0.25, 0.3) is 11.8 Å². The number of Topliss-reactive ketones (excluding diaryl/α,β-unsaturated/α-hetero) is 1. The van der Waals surface area contributed by atoms with Crippen LogP contribution in [0, 0.1) is 11.8 Å². The number of nitrogens with zero attached hydrogens (tertiary/aromatic N) is 1. The van der Waals surface area contributed by atoms with Crippen molar-refractivity contribution in [2.45, 2.75) is 45.8 Å². The van der Waals surface area contributed by atoms with Crippen LogP contribution in [0.15, 0.2) is 48.5 Å². The molecule has 0 bridgehead atoms. The first-order chi connectivity index (χ1) is 25.5. The molecule has 2 atom stereocenters. The quantitative estimate of drug-likeness (QED) is 0.0727. The number of aliphatic hydroxyl groups is 1. The maximum atomic E-state index is 13.4. The molecule has 53 heavy (non-hydrogen) atoms. The number of alkyl carbamates (subject to hydrolysis) is 1. The van der Waals surface area contributed by atoms with Crippen molar-refractivity contribution < 1.29 is 57.7 Å². The van der Waals surface area contributed by atoms with Crippen LogP contribution in [-0.2, 0) is 40.0 Å². The largest absolute Gasteiger partial charge is 0.447 e. The van der Waals surface area contributed by atoms with Crippen molar-refractivity contribution >= 4 is 41.3 Å². The molecule has 6 amide bonds. The molecule has 1 aliphatic rings. The number of hydrogen-bond acceptors (Lipinski definition) is 12. The Bertz CT molecular complexity index is 1490. The molecule has 17 nitrogen and oxygen atoms in total. The molecule has 0 fully saturated rings. The highest BCUT2D eigenvalue weighted by Gasteiger charge is 2.36. The van der Waals surface area contributed by atoms with Crippen molar-refractivity contribution in [1.82, 2.24) is 15.7 Å². The zero-order chi connectivity index (χ0) is 38.6. The molecule has 2 aromatic carbocycles. The first-order valence-electron chi connectivity index (χ1n) is 17.4. The molecule has 0 saturated heterocycles. The zero-order valence-corrected chi connectivity index (χ0v) is 30.0. The van der Waals surface area contributed by atoms with E-state index in [4.69, 9.17) is 29.5 Å². The van der Waals surface area contributed by atoms with Crippen LogP contribution >= 0.6 is 0 Å². The predicted octanol–water partition coefficient (Wildman–Crippen LogP) is 2.17. The highest BCUT2D eigenvalue weighted by molar-refractivity contribution is 6.20. The van der Waals surface area contributed by atoms with Crippen molar-refractivity contribution in [3.8, 4) is 0 Å². The second-order valence-electron chi connectivity index (χ2n) is 12.3.